The van der Waals surface area contributed by atoms with Gasteiger partial charge in [-0.2, -0.15) is 8.42 Å². The van der Waals surface area contributed by atoms with Crippen LogP contribution in [0.1, 0.15) is 5.56 Å². The van der Waals surface area contributed by atoms with Gasteiger partial charge in [0.25, 0.3) is 10.0 Å². The molecule has 0 bridgehead atoms. The Bertz CT molecular complexity index is 579. The van der Waals surface area contributed by atoms with E-state index >= 15 is 0 Å². The Labute approximate surface area is 104 Å². The summed E-state index contributed by atoms with van der Waals surface area (Å²) in [5, 5.41) is 0.0268. The molecule has 0 radical (unpaired) electrons. The van der Waals surface area contributed by atoms with E-state index in [0.29, 0.717) is 11.6 Å². The van der Waals surface area contributed by atoms with Crippen molar-refractivity contribution in [3.05, 3.63) is 42.4 Å². The van der Waals surface area contributed by atoms with Crippen molar-refractivity contribution in [2.24, 2.45) is 0 Å². The molecule has 0 atom stereocenters. The summed E-state index contributed by atoms with van der Waals surface area (Å²) in [5.74, 6) is 0.396. The minimum atomic E-state index is -3.59. The summed E-state index contributed by atoms with van der Waals surface area (Å²) in [6.07, 6.45) is 2.56. The zero-order valence-electron chi connectivity index (χ0n) is 8.72. The molecule has 0 saturated heterocycles. The van der Waals surface area contributed by atoms with Crippen molar-refractivity contribution in [1.29, 1.82) is 0 Å². The molecule has 1 heterocycles. The molecular weight excluding hydrogens is 262 g/mol. The molecule has 1 aromatic carbocycles. The van der Waals surface area contributed by atoms with E-state index in [1.807, 2.05) is 0 Å². The van der Waals surface area contributed by atoms with Crippen LogP contribution in [0.5, 0.6) is 0 Å². The van der Waals surface area contributed by atoms with E-state index in [0.717, 1.165) is 5.56 Å². The molecule has 0 fully saturated rings. The molecule has 7 heteroatoms. The first kappa shape index (κ1) is 11.9. The van der Waals surface area contributed by atoms with Gasteiger partial charge in [0.1, 0.15) is 0 Å². The Morgan fingerprint density at radius 3 is 2.53 bits per heavy atom. The summed E-state index contributed by atoms with van der Waals surface area (Å²) in [5.41, 5.74) is 1.41. The number of aromatic amines is 1. The maximum atomic E-state index is 11.8. The Hall–Kier alpha value is -1.53. The molecule has 0 aliphatic rings. The number of rotatable bonds is 4. The van der Waals surface area contributed by atoms with Crippen LogP contribution in [0.2, 0.25) is 0 Å². The predicted molar refractivity (Wildman–Crippen MR) is 65.4 cm³/mol. The van der Waals surface area contributed by atoms with Crippen molar-refractivity contribution in [3.63, 3.8) is 0 Å². The van der Waals surface area contributed by atoms with E-state index in [2.05, 4.69) is 14.7 Å². The number of hydrogen-bond acceptors (Lipinski definition) is 3. The quantitative estimate of drug-likeness (QED) is 0.835. The minimum Gasteiger partial charge on any atom is -0.334 e. The van der Waals surface area contributed by atoms with Gasteiger partial charge in [0.15, 0.2) is 5.03 Å². The van der Waals surface area contributed by atoms with E-state index in [4.69, 9.17) is 11.6 Å². The average Bonchev–Trinajstić information content (AvgIpc) is 2.84. The number of alkyl halides is 1. The smallest absolute Gasteiger partial charge is 0.278 e. The molecule has 90 valence electrons. The third kappa shape index (κ3) is 2.78. The van der Waals surface area contributed by atoms with E-state index in [1.54, 1.807) is 24.3 Å². The summed E-state index contributed by atoms with van der Waals surface area (Å²) in [7, 11) is -3.59. The van der Waals surface area contributed by atoms with Crippen LogP contribution < -0.4 is 4.72 Å². The zero-order valence-corrected chi connectivity index (χ0v) is 10.3. The lowest BCUT2D eigenvalue weighted by atomic mass is 10.2. The number of halogens is 1. The maximum absolute atomic E-state index is 11.8. The lowest BCUT2D eigenvalue weighted by molar-refractivity contribution is 0.598. The summed E-state index contributed by atoms with van der Waals surface area (Å²) >= 11 is 5.64. The highest BCUT2D eigenvalue weighted by atomic mass is 35.5. The maximum Gasteiger partial charge on any atom is 0.278 e. The first-order valence-electron chi connectivity index (χ1n) is 4.78. The van der Waals surface area contributed by atoms with E-state index in [-0.39, 0.29) is 5.03 Å². The lowest BCUT2D eigenvalue weighted by Crippen LogP contribution is -2.13. The van der Waals surface area contributed by atoms with Crippen LogP contribution in [0.4, 0.5) is 5.69 Å². The standard InChI is InChI=1S/C10H10ClN3O2S/c11-5-8-1-3-9(4-2-8)14-17(15,16)10-6-12-7-13-10/h1-4,6-7,14H,5H2,(H,12,13). The van der Waals surface area contributed by atoms with Gasteiger partial charge in [-0.3, -0.25) is 4.72 Å². The highest BCUT2D eigenvalue weighted by Crippen LogP contribution is 2.15. The van der Waals surface area contributed by atoms with Crippen LogP contribution in [0, 0.1) is 0 Å². The molecule has 0 unspecified atom stereocenters. The fraction of sp³-hybridized carbons (Fsp3) is 0.100. The Kier molecular flexibility index (Phi) is 3.35. The van der Waals surface area contributed by atoms with Gasteiger partial charge >= 0.3 is 0 Å². The number of nitrogens with zero attached hydrogens (tertiary/aromatic N) is 1. The van der Waals surface area contributed by atoms with Crippen LogP contribution in [0.25, 0.3) is 0 Å². The molecular formula is C10H10ClN3O2S. The van der Waals surface area contributed by atoms with Crippen LogP contribution in [0.3, 0.4) is 0 Å². The number of nitrogens with one attached hydrogen (secondary N) is 2. The molecule has 2 N–H and O–H groups in total. The number of imidazole rings is 1. The molecule has 17 heavy (non-hydrogen) atoms. The third-order valence-corrected chi connectivity index (χ3v) is 3.74. The van der Waals surface area contributed by atoms with Crippen molar-refractivity contribution in [2.75, 3.05) is 4.72 Å². The Morgan fingerprint density at radius 1 is 1.29 bits per heavy atom. The topological polar surface area (TPSA) is 74.8 Å². The minimum absolute atomic E-state index is 0.0268. The normalized spacial score (nSPS) is 11.4. The first-order chi connectivity index (χ1) is 8.12. The van der Waals surface area contributed by atoms with E-state index in [1.165, 1.54) is 12.5 Å². The molecule has 0 saturated carbocycles. The Morgan fingerprint density at radius 2 is 2.00 bits per heavy atom. The van der Waals surface area contributed by atoms with Crippen LogP contribution in [-0.2, 0) is 15.9 Å². The van der Waals surface area contributed by atoms with Gasteiger partial charge in [-0.1, -0.05) is 12.1 Å². The molecule has 5 nitrogen and oxygen atoms in total. The summed E-state index contributed by atoms with van der Waals surface area (Å²) < 4.78 is 26.0. The molecule has 2 rings (SSSR count). The second kappa shape index (κ2) is 4.77. The molecule has 0 amide bonds. The Balaban J connectivity index is 2.21. The second-order valence-electron chi connectivity index (χ2n) is 3.35. The van der Waals surface area contributed by atoms with Gasteiger partial charge in [-0.15, -0.1) is 11.6 Å². The first-order valence-corrected chi connectivity index (χ1v) is 6.80. The molecule has 0 aliphatic heterocycles. The van der Waals surface area contributed by atoms with Crippen LogP contribution >= 0.6 is 11.6 Å². The van der Waals surface area contributed by atoms with Gasteiger partial charge in [-0.05, 0) is 17.7 Å². The van der Waals surface area contributed by atoms with Gasteiger partial charge in [0, 0.05) is 11.6 Å². The molecule has 1 aromatic heterocycles. The fourth-order valence-corrected chi connectivity index (χ4v) is 2.40. The van der Waals surface area contributed by atoms with Crippen LogP contribution in [-0.4, -0.2) is 18.4 Å². The summed E-state index contributed by atoms with van der Waals surface area (Å²) in [6.45, 7) is 0. The highest BCUT2D eigenvalue weighted by molar-refractivity contribution is 7.92. The number of aromatic nitrogens is 2. The third-order valence-electron chi connectivity index (χ3n) is 2.12. The van der Waals surface area contributed by atoms with E-state index < -0.39 is 10.0 Å². The molecule has 0 aliphatic carbocycles. The van der Waals surface area contributed by atoms with Crippen molar-refractivity contribution >= 4 is 27.3 Å². The molecule has 0 spiro atoms. The van der Waals surface area contributed by atoms with Crippen LogP contribution in [0.15, 0.2) is 41.8 Å². The fourth-order valence-electron chi connectivity index (χ4n) is 1.26. The van der Waals surface area contributed by atoms with Crippen molar-refractivity contribution in [1.82, 2.24) is 9.97 Å². The SMILES string of the molecule is O=S(=O)(Nc1ccc(CCl)cc1)c1cnc[nH]1. The van der Waals surface area contributed by atoms with Gasteiger partial charge in [0.2, 0.25) is 0 Å². The van der Waals surface area contributed by atoms with Gasteiger partial charge < -0.3 is 4.98 Å². The van der Waals surface area contributed by atoms with Gasteiger partial charge in [0.05, 0.1) is 12.5 Å². The highest BCUT2D eigenvalue weighted by Gasteiger charge is 2.15. The predicted octanol–water partition coefficient (Wildman–Crippen LogP) is 1.95. The van der Waals surface area contributed by atoms with E-state index in [9.17, 15) is 8.42 Å². The zero-order chi connectivity index (χ0) is 12.3. The number of hydrogen-bond donors (Lipinski definition) is 2. The van der Waals surface area contributed by atoms with Crippen molar-refractivity contribution in [2.45, 2.75) is 10.9 Å². The summed E-state index contributed by atoms with van der Waals surface area (Å²) in [6, 6.07) is 6.84. The molecule has 2 aromatic rings. The largest absolute Gasteiger partial charge is 0.334 e. The lowest BCUT2D eigenvalue weighted by Gasteiger charge is -2.06. The van der Waals surface area contributed by atoms with Crippen molar-refractivity contribution < 1.29 is 8.42 Å². The second-order valence-corrected chi connectivity index (χ2v) is 5.27. The number of sulfonamides is 1. The number of H-pyrrole nitrogens is 1. The number of benzene rings is 1. The number of anilines is 1. The average molecular weight is 272 g/mol. The van der Waals surface area contributed by atoms with Gasteiger partial charge in [-0.25, -0.2) is 4.98 Å². The van der Waals surface area contributed by atoms with Crippen molar-refractivity contribution in [3.8, 4) is 0 Å². The summed E-state index contributed by atoms with van der Waals surface area (Å²) in [4.78, 5) is 6.20. The monoisotopic (exact) mass is 271 g/mol.